The predicted molar refractivity (Wildman–Crippen MR) is 108 cm³/mol. The quantitative estimate of drug-likeness (QED) is 0.702. The lowest BCUT2D eigenvalue weighted by Gasteiger charge is -2.18. The molecule has 2 aromatic heterocycles. The molecule has 2 fully saturated rings. The van der Waals surface area contributed by atoms with Crippen molar-refractivity contribution in [1.29, 1.82) is 0 Å². The van der Waals surface area contributed by atoms with E-state index in [4.69, 9.17) is 23.2 Å². The molecule has 0 radical (unpaired) electrons. The molecule has 0 aromatic carbocycles. The lowest BCUT2D eigenvalue weighted by atomic mass is 10.4. The summed E-state index contributed by atoms with van der Waals surface area (Å²) in [5, 5.41) is 12.7. The van der Waals surface area contributed by atoms with Gasteiger partial charge in [0.25, 0.3) is 0 Å². The van der Waals surface area contributed by atoms with Gasteiger partial charge in [0, 0.05) is 25.3 Å². The topological polar surface area (TPSA) is 75.9 Å². The summed E-state index contributed by atoms with van der Waals surface area (Å²) >= 11 is 13.3. The monoisotopic (exact) mass is 426 g/mol. The van der Waals surface area contributed by atoms with Gasteiger partial charge in [-0.1, -0.05) is 35.0 Å². The van der Waals surface area contributed by atoms with Crippen molar-refractivity contribution in [2.75, 3.05) is 23.3 Å². The average molecular weight is 427 g/mol. The largest absolute Gasteiger partial charge is 0.341 e. The SMILES string of the molecule is CC(Sc1nnc(N2CCCC2)n1C1CC1)C(=O)Nc1ncc(Cl)cc1Cl. The molecule has 1 atom stereocenters. The molecule has 1 saturated carbocycles. The van der Waals surface area contributed by atoms with Crippen molar-refractivity contribution in [2.24, 2.45) is 0 Å². The van der Waals surface area contributed by atoms with E-state index in [1.807, 2.05) is 6.92 Å². The van der Waals surface area contributed by atoms with Gasteiger partial charge in [0.1, 0.15) is 0 Å². The number of thioether (sulfide) groups is 1. The highest BCUT2D eigenvalue weighted by Crippen LogP contribution is 2.42. The van der Waals surface area contributed by atoms with Crippen LogP contribution >= 0.6 is 35.0 Å². The summed E-state index contributed by atoms with van der Waals surface area (Å²) in [4.78, 5) is 18.9. The standard InChI is InChI=1S/C17H20Cl2N6OS/c1-10(15(26)21-14-13(19)8-11(18)9-20-14)27-17-23-22-16(24-6-2-3-7-24)25(17)12-4-5-12/h8-10,12H,2-7H2,1H3,(H,20,21,26). The van der Waals surface area contributed by atoms with Crippen LogP contribution in [0.5, 0.6) is 0 Å². The molecule has 3 heterocycles. The van der Waals surface area contributed by atoms with Crippen LogP contribution in [0.25, 0.3) is 0 Å². The van der Waals surface area contributed by atoms with Gasteiger partial charge in [-0.25, -0.2) is 4.98 Å². The number of aromatic nitrogens is 4. The first kappa shape index (κ1) is 18.8. The Morgan fingerprint density at radius 2 is 2.04 bits per heavy atom. The van der Waals surface area contributed by atoms with Gasteiger partial charge in [-0.05, 0) is 38.7 Å². The Morgan fingerprint density at radius 1 is 1.30 bits per heavy atom. The molecule has 4 rings (SSSR count). The van der Waals surface area contributed by atoms with E-state index < -0.39 is 0 Å². The molecule has 2 aromatic rings. The first-order valence-corrected chi connectivity index (χ1v) is 10.6. The number of rotatable bonds is 6. The normalized spacial score (nSPS) is 18.0. The van der Waals surface area contributed by atoms with Crippen molar-refractivity contribution in [1.82, 2.24) is 19.7 Å². The van der Waals surface area contributed by atoms with Gasteiger partial charge in [0.15, 0.2) is 11.0 Å². The maximum Gasteiger partial charge on any atom is 0.238 e. The fraction of sp³-hybridized carbons (Fsp3) is 0.529. The van der Waals surface area contributed by atoms with Crippen molar-refractivity contribution in [3.8, 4) is 0 Å². The van der Waals surface area contributed by atoms with Crippen LogP contribution in [-0.2, 0) is 4.79 Å². The summed E-state index contributed by atoms with van der Waals surface area (Å²) in [5.41, 5.74) is 0. The molecular formula is C17H20Cl2N6OS. The molecule has 1 unspecified atom stereocenters. The van der Waals surface area contributed by atoms with Gasteiger partial charge in [-0.3, -0.25) is 9.36 Å². The third-order valence-electron chi connectivity index (χ3n) is 4.65. The summed E-state index contributed by atoms with van der Waals surface area (Å²) in [6.45, 7) is 3.88. The van der Waals surface area contributed by atoms with Gasteiger partial charge in [-0.2, -0.15) is 0 Å². The molecule has 1 amide bonds. The van der Waals surface area contributed by atoms with Gasteiger partial charge in [-0.15, -0.1) is 10.2 Å². The Kier molecular flexibility index (Phi) is 5.48. The number of nitrogens with one attached hydrogen (secondary N) is 1. The van der Waals surface area contributed by atoms with E-state index in [1.54, 1.807) is 6.07 Å². The first-order valence-electron chi connectivity index (χ1n) is 9.01. The second-order valence-electron chi connectivity index (χ2n) is 6.81. The molecule has 1 aliphatic carbocycles. The molecular weight excluding hydrogens is 407 g/mol. The zero-order valence-corrected chi connectivity index (χ0v) is 17.2. The van der Waals surface area contributed by atoms with E-state index in [9.17, 15) is 4.79 Å². The van der Waals surface area contributed by atoms with Gasteiger partial charge >= 0.3 is 0 Å². The fourth-order valence-corrected chi connectivity index (χ4v) is 4.41. The van der Waals surface area contributed by atoms with Crippen LogP contribution < -0.4 is 10.2 Å². The van der Waals surface area contributed by atoms with E-state index >= 15 is 0 Å². The van der Waals surface area contributed by atoms with E-state index in [2.05, 4.69) is 30.0 Å². The molecule has 1 aliphatic heterocycles. The summed E-state index contributed by atoms with van der Waals surface area (Å²) in [5.74, 6) is 1.05. The number of amides is 1. The molecule has 1 saturated heterocycles. The van der Waals surface area contributed by atoms with Crippen LogP contribution in [0.3, 0.4) is 0 Å². The zero-order chi connectivity index (χ0) is 19.0. The maximum absolute atomic E-state index is 12.6. The van der Waals surface area contributed by atoms with Crippen molar-refractivity contribution >= 4 is 52.6 Å². The summed E-state index contributed by atoms with van der Waals surface area (Å²) in [6.07, 6.45) is 6.10. The van der Waals surface area contributed by atoms with Crippen LogP contribution in [0.15, 0.2) is 17.4 Å². The number of pyridine rings is 1. The number of nitrogens with zero attached hydrogens (tertiary/aromatic N) is 5. The minimum atomic E-state index is -0.369. The highest BCUT2D eigenvalue weighted by molar-refractivity contribution is 8.00. The third-order valence-corrected chi connectivity index (χ3v) is 6.20. The van der Waals surface area contributed by atoms with E-state index in [1.165, 1.54) is 30.8 Å². The summed E-state index contributed by atoms with van der Waals surface area (Å²) < 4.78 is 2.20. The lowest BCUT2D eigenvalue weighted by molar-refractivity contribution is -0.115. The molecule has 1 N–H and O–H groups in total. The van der Waals surface area contributed by atoms with Crippen LogP contribution in [0.4, 0.5) is 11.8 Å². The maximum atomic E-state index is 12.6. The fourth-order valence-electron chi connectivity index (χ4n) is 3.07. The molecule has 0 bridgehead atoms. The van der Waals surface area contributed by atoms with Crippen LogP contribution in [0, 0.1) is 0 Å². The van der Waals surface area contributed by atoms with E-state index in [-0.39, 0.29) is 11.2 Å². The summed E-state index contributed by atoms with van der Waals surface area (Å²) in [7, 11) is 0. The molecule has 2 aliphatic rings. The minimum Gasteiger partial charge on any atom is -0.341 e. The molecule has 144 valence electrons. The van der Waals surface area contributed by atoms with Crippen LogP contribution in [0.1, 0.15) is 38.6 Å². The zero-order valence-electron chi connectivity index (χ0n) is 14.9. The van der Waals surface area contributed by atoms with Gasteiger partial charge in [0.2, 0.25) is 11.9 Å². The Hall–Kier alpha value is -1.51. The van der Waals surface area contributed by atoms with Crippen molar-refractivity contribution in [3.05, 3.63) is 22.3 Å². The highest BCUT2D eigenvalue weighted by Gasteiger charge is 2.33. The predicted octanol–water partition coefficient (Wildman–Crippen LogP) is 4.03. The number of hydrogen-bond donors (Lipinski definition) is 1. The smallest absolute Gasteiger partial charge is 0.238 e. The highest BCUT2D eigenvalue weighted by atomic mass is 35.5. The van der Waals surface area contributed by atoms with Gasteiger partial charge in [0.05, 0.1) is 15.3 Å². The second-order valence-corrected chi connectivity index (χ2v) is 8.96. The van der Waals surface area contributed by atoms with Crippen molar-refractivity contribution < 1.29 is 4.79 Å². The number of hydrogen-bond acceptors (Lipinski definition) is 6. The molecule has 0 spiro atoms. The third kappa shape index (κ3) is 4.17. The van der Waals surface area contributed by atoms with E-state index in [0.29, 0.717) is 21.9 Å². The first-order chi connectivity index (χ1) is 13.0. The van der Waals surface area contributed by atoms with Gasteiger partial charge < -0.3 is 10.2 Å². The summed E-state index contributed by atoms with van der Waals surface area (Å²) in [6, 6.07) is 2.00. The number of carbonyl (C=O) groups excluding carboxylic acids is 1. The van der Waals surface area contributed by atoms with E-state index in [0.717, 1.165) is 37.0 Å². The molecule has 7 nitrogen and oxygen atoms in total. The molecule has 27 heavy (non-hydrogen) atoms. The minimum absolute atomic E-state index is 0.190. The Morgan fingerprint density at radius 3 is 2.70 bits per heavy atom. The van der Waals surface area contributed by atoms with Crippen molar-refractivity contribution in [2.45, 2.75) is 49.1 Å². The lowest BCUT2D eigenvalue weighted by Crippen LogP contribution is -2.24. The number of carbonyl (C=O) groups is 1. The van der Waals surface area contributed by atoms with Crippen molar-refractivity contribution in [3.63, 3.8) is 0 Å². The Labute approximate surface area is 171 Å². The second kappa shape index (κ2) is 7.85. The molecule has 10 heteroatoms. The Bertz CT molecular complexity index is 850. The average Bonchev–Trinajstić information content (AvgIpc) is 3.16. The van der Waals surface area contributed by atoms with Crippen LogP contribution in [-0.4, -0.2) is 44.0 Å². The number of halogens is 2. The Balaban J connectivity index is 1.47. The van der Waals surface area contributed by atoms with Crippen LogP contribution in [0.2, 0.25) is 10.0 Å². The number of anilines is 2.